The number of ether oxygens (including phenoxy) is 1. The molecule has 2 nitrogen and oxygen atoms in total. The van der Waals surface area contributed by atoms with Crippen LogP contribution < -0.4 is 0 Å². The third-order valence-electron chi connectivity index (χ3n) is 7.84. The van der Waals surface area contributed by atoms with Gasteiger partial charge in [0, 0.05) is 0 Å². The van der Waals surface area contributed by atoms with E-state index < -0.39 is 49.1 Å². The van der Waals surface area contributed by atoms with Crippen molar-refractivity contribution in [3.63, 3.8) is 0 Å². The molecule has 0 aliphatic heterocycles. The fraction of sp³-hybridized carbons (Fsp3) is 0.647. The Morgan fingerprint density at radius 3 is 1.34 bits per heavy atom. The molecule has 1 aromatic rings. The fourth-order valence-corrected chi connectivity index (χ4v) is 15.6. The Hall–Kier alpha value is 2.04. The highest BCUT2D eigenvalue weighted by molar-refractivity contribution is 6.78. The molecule has 1 N–H and O–H groups in total. The molecule has 6 aliphatic rings. The molecule has 4 unspecified atom stereocenters. The summed E-state index contributed by atoms with van der Waals surface area (Å²) in [4.78, 5) is -15.7. The summed E-state index contributed by atoms with van der Waals surface area (Å²) >= 11 is 69.0. The molecule has 7 rings (SSSR count). The number of rotatable bonds is 3. The normalized spacial score (nSPS) is 66.9. The van der Waals surface area contributed by atoms with Crippen LogP contribution in [0.2, 0.25) is 0 Å². The SMILES string of the molecule is OC1(OCc2ccccc2)C2(Cl)[C@]3(Cl)C4(Cl)C(Cl)(Cl)C5(Cl)[C@@]3(Cl)C1(Cl)[C@]5(Cl)[C@]42Cl. The molecule has 8 atom stereocenters. The van der Waals surface area contributed by atoms with E-state index in [1.54, 1.807) is 24.3 Å². The Balaban J connectivity index is 1.61. The van der Waals surface area contributed by atoms with Gasteiger partial charge < -0.3 is 9.84 Å². The van der Waals surface area contributed by atoms with Gasteiger partial charge in [0.05, 0.1) is 6.61 Å². The van der Waals surface area contributed by atoms with Crippen LogP contribution in [0.5, 0.6) is 0 Å². The van der Waals surface area contributed by atoms with Gasteiger partial charge in [-0.15, -0.1) is 92.8 Å². The van der Waals surface area contributed by atoms with Crippen molar-refractivity contribution in [3.05, 3.63) is 35.9 Å². The summed E-state index contributed by atoms with van der Waals surface area (Å²) in [5, 5.41) is 11.8. The molecule has 6 aliphatic carbocycles. The Labute approximate surface area is 215 Å². The first-order chi connectivity index (χ1) is 13.1. The van der Waals surface area contributed by atoms with E-state index in [0.717, 1.165) is 5.56 Å². The summed E-state index contributed by atoms with van der Waals surface area (Å²) in [6.07, 6.45) is 0. The lowest BCUT2D eigenvalue weighted by molar-refractivity contribution is -0.243. The third-order valence-corrected chi connectivity index (χ3v) is 17.1. The molecule has 12 heteroatoms. The fourth-order valence-electron chi connectivity index (χ4n) is 6.91. The smallest absolute Gasteiger partial charge is 0.212 e. The van der Waals surface area contributed by atoms with Crippen molar-refractivity contribution in [2.75, 3.05) is 0 Å². The van der Waals surface area contributed by atoms with Gasteiger partial charge in [-0.05, 0) is 5.56 Å². The van der Waals surface area contributed by atoms with Crippen LogP contribution in [0.25, 0.3) is 0 Å². The molecule has 4 bridgehead atoms. The maximum atomic E-state index is 11.8. The van der Waals surface area contributed by atoms with Crippen molar-refractivity contribution in [1.82, 2.24) is 0 Å². The maximum Gasteiger partial charge on any atom is 0.212 e. The predicted molar refractivity (Wildman–Crippen MR) is 119 cm³/mol. The molecule has 0 spiro atoms. The van der Waals surface area contributed by atoms with Crippen LogP contribution in [0.4, 0.5) is 0 Å². The summed E-state index contributed by atoms with van der Waals surface area (Å²) < 4.78 is 3.90. The second kappa shape index (κ2) is 4.88. The van der Waals surface area contributed by atoms with Gasteiger partial charge in [0.15, 0.2) is 4.33 Å². The van der Waals surface area contributed by atoms with Crippen LogP contribution in [-0.2, 0) is 11.3 Å². The van der Waals surface area contributed by atoms with E-state index >= 15 is 0 Å². The van der Waals surface area contributed by atoms with E-state index in [2.05, 4.69) is 0 Å². The topological polar surface area (TPSA) is 29.5 Å². The lowest BCUT2D eigenvalue weighted by atomic mass is 9.41. The van der Waals surface area contributed by atoms with E-state index in [0.29, 0.717) is 0 Å². The summed E-state index contributed by atoms with van der Waals surface area (Å²) in [7, 11) is 0. The summed E-state index contributed by atoms with van der Waals surface area (Å²) in [5.74, 6) is -2.41. The van der Waals surface area contributed by atoms with Gasteiger partial charge in [0.25, 0.3) is 0 Å². The van der Waals surface area contributed by atoms with Crippen molar-refractivity contribution < 1.29 is 9.84 Å². The summed E-state index contributed by atoms with van der Waals surface area (Å²) in [6, 6.07) is 9.01. The molecule has 1 aromatic carbocycles. The molecule has 0 saturated heterocycles. The zero-order chi connectivity index (χ0) is 21.5. The summed E-state index contributed by atoms with van der Waals surface area (Å²) in [6.45, 7) is -0.0857. The van der Waals surface area contributed by atoms with Crippen molar-refractivity contribution in [3.8, 4) is 0 Å². The zero-order valence-electron chi connectivity index (χ0n) is 13.7. The molecule has 0 heterocycles. The number of benzene rings is 1. The Bertz CT molecular complexity index is 931. The van der Waals surface area contributed by atoms with Crippen molar-refractivity contribution >= 4 is 116 Å². The van der Waals surface area contributed by atoms with Crippen molar-refractivity contribution in [2.45, 2.75) is 55.7 Å². The van der Waals surface area contributed by atoms with E-state index in [1.165, 1.54) is 0 Å². The lowest BCUT2D eigenvalue weighted by Gasteiger charge is -2.81. The Kier molecular flexibility index (Phi) is 3.63. The standard InChI is InChI=1S/C17H8Cl10O2/c18-8-9(19)13(23)11(21)10(20,12(8,22)16(13,26)27)14(8,24)17(28,15(9,11)25)29-6-7-4-2-1-3-5-7/h1-5,28H,6H2/t8-,9-,10+,11+,12?,13?,14?,15?,17?. The van der Waals surface area contributed by atoms with E-state index in [9.17, 15) is 5.11 Å². The van der Waals surface area contributed by atoms with E-state index in [-0.39, 0.29) is 6.61 Å². The van der Waals surface area contributed by atoms with Crippen molar-refractivity contribution in [1.29, 1.82) is 0 Å². The highest BCUT2D eigenvalue weighted by atomic mass is 35.5. The average molecular weight is 599 g/mol. The van der Waals surface area contributed by atoms with Gasteiger partial charge in [-0.1, -0.05) is 53.5 Å². The Morgan fingerprint density at radius 2 is 0.966 bits per heavy atom. The third kappa shape index (κ3) is 1.17. The van der Waals surface area contributed by atoms with Gasteiger partial charge >= 0.3 is 0 Å². The molecule has 0 aromatic heterocycles. The van der Waals surface area contributed by atoms with Gasteiger partial charge in [-0.25, -0.2) is 0 Å². The quantitative estimate of drug-likeness (QED) is 0.344. The van der Waals surface area contributed by atoms with Crippen LogP contribution >= 0.6 is 116 Å². The maximum absolute atomic E-state index is 11.8. The Morgan fingerprint density at radius 1 is 0.586 bits per heavy atom. The molecule has 0 radical (unpaired) electrons. The minimum atomic E-state index is -2.41. The monoisotopic (exact) mass is 594 g/mol. The average Bonchev–Trinajstić information content (AvgIpc) is 2.90. The minimum Gasteiger partial charge on any atom is -0.362 e. The van der Waals surface area contributed by atoms with Crippen LogP contribution in [0, 0.1) is 0 Å². The molecule has 158 valence electrons. The number of halogens is 10. The van der Waals surface area contributed by atoms with E-state index in [1.807, 2.05) is 6.07 Å². The van der Waals surface area contributed by atoms with Gasteiger partial charge in [-0.3, -0.25) is 0 Å². The number of hydrogen-bond acceptors (Lipinski definition) is 2. The molecular weight excluding hydrogens is 591 g/mol. The first-order valence-corrected chi connectivity index (χ1v) is 12.2. The van der Waals surface area contributed by atoms with Crippen LogP contribution in [0.3, 0.4) is 0 Å². The van der Waals surface area contributed by atoms with Crippen LogP contribution in [0.1, 0.15) is 5.56 Å². The number of aliphatic hydroxyl groups is 1. The lowest BCUT2D eigenvalue weighted by Crippen LogP contribution is -3.03. The molecule has 0 amide bonds. The first kappa shape index (κ1) is 21.6. The highest BCUT2D eigenvalue weighted by Gasteiger charge is 3.33. The molecular formula is C17H8Cl10O2. The van der Waals surface area contributed by atoms with Gasteiger partial charge in [0.1, 0.15) is 39.0 Å². The van der Waals surface area contributed by atoms with Gasteiger partial charge in [-0.2, -0.15) is 0 Å². The summed E-state index contributed by atoms with van der Waals surface area (Å²) in [5.41, 5.74) is 0.727. The van der Waals surface area contributed by atoms with E-state index in [4.69, 9.17) is 121 Å². The molecule has 29 heavy (non-hydrogen) atoms. The molecule has 6 saturated carbocycles. The largest absolute Gasteiger partial charge is 0.362 e. The van der Waals surface area contributed by atoms with Crippen LogP contribution in [0.15, 0.2) is 30.3 Å². The second-order valence-corrected chi connectivity index (χ2v) is 14.1. The second-order valence-electron chi connectivity index (χ2n) is 8.26. The predicted octanol–water partition coefficient (Wildman–Crippen LogP) is 5.95. The zero-order valence-corrected chi connectivity index (χ0v) is 21.3. The number of alkyl halides is 10. The van der Waals surface area contributed by atoms with Crippen molar-refractivity contribution in [2.24, 2.45) is 0 Å². The number of hydrogen-bond donors (Lipinski definition) is 1. The molecule has 6 fully saturated rings. The van der Waals surface area contributed by atoms with Crippen LogP contribution in [-0.4, -0.2) is 54.2 Å². The highest BCUT2D eigenvalue weighted by Crippen LogP contribution is 3.12. The minimum absolute atomic E-state index is 0.0857. The van der Waals surface area contributed by atoms with Gasteiger partial charge in [0.2, 0.25) is 5.79 Å². The first-order valence-electron chi connectivity index (χ1n) is 8.37.